The molecule has 1 atom stereocenters. The molecule has 0 saturated heterocycles. The molecule has 1 N–H and O–H groups in total. The molecule has 0 fully saturated rings. The molecule has 3 aromatic rings. The van der Waals surface area contributed by atoms with E-state index in [1.165, 1.54) is 18.9 Å². The molecular weight excluding hydrogens is 394 g/mol. The Morgan fingerprint density at radius 3 is 2.45 bits per heavy atom. The van der Waals surface area contributed by atoms with Crippen LogP contribution in [-0.2, 0) is 4.79 Å². The minimum absolute atomic E-state index is 0.237. The van der Waals surface area contributed by atoms with Crippen LogP contribution in [0.25, 0.3) is 5.69 Å². The highest BCUT2D eigenvalue weighted by Gasteiger charge is 2.28. The molecule has 0 saturated carbocycles. The smallest absolute Gasteiger partial charge is 0.298 e. The van der Waals surface area contributed by atoms with Gasteiger partial charge in [0.25, 0.3) is 5.03 Å². The van der Waals surface area contributed by atoms with E-state index in [9.17, 15) is 9.90 Å². The van der Waals surface area contributed by atoms with E-state index in [1.807, 2.05) is 25.1 Å². The number of aromatic nitrogens is 2. The number of para-hydroxylation sites is 1. The number of nitrogens with one attached hydrogen (secondary N) is 1. The number of thioether (sulfide) groups is 1. The number of anilines is 1. The number of benzene rings is 2. The normalized spacial score (nSPS) is 11.7. The lowest BCUT2D eigenvalue weighted by Gasteiger charge is -2.14. The van der Waals surface area contributed by atoms with Gasteiger partial charge in [-0.25, -0.2) is 0 Å². The van der Waals surface area contributed by atoms with Crippen LogP contribution in [0.4, 0.5) is 5.69 Å². The summed E-state index contributed by atoms with van der Waals surface area (Å²) >= 11 is 1.11. The fraction of sp³-hybridized carbons (Fsp3) is 0.250. The molecular formula is C20H21N3O5S. The van der Waals surface area contributed by atoms with Crippen molar-refractivity contribution in [2.24, 2.45) is 0 Å². The Morgan fingerprint density at radius 2 is 1.86 bits per heavy atom. The Labute approximate surface area is 172 Å². The van der Waals surface area contributed by atoms with Gasteiger partial charge in [-0.1, -0.05) is 25.1 Å². The highest BCUT2D eigenvalue weighted by molar-refractivity contribution is 8.00. The molecule has 152 valence electrons. The molecule has 0 aliphatic carbocycles. The summed E-state index contributed by atoms with van der Waals surface area (Å²) in [6, 6.07) is 14.2. The fourth-order valence-electron chi connectivity index (χ4n) is 2.63. The molecule has 0 aliphatic rings. The zero-order valence-corrected chi connectivity index (χ0v) is 17.1. The second-order valence-corrected chi connectivity index (χ2v) is 7.21. The van der Waals surface area contributed by atoms with E-state index in [-0.39, 0.29) is 10.9 Å². The molecule has 1 unspecified atom stereocenters. The number of hydrogen-bond acceptors (Lipinski definition) is 7. The molecule has 0 bridgehead atoms. The first kappa shape index (κ1) is 20.5. The molecule has 0 aliphatic heterocycles. The van der Waals surface area contributed by atoms with Crippen LogP contribution in [0.1, 0.15) is 13.3 Å². The Bertz CT molecular complexity index is 955. The van der Waals surface area contributed by atoms with Gasteiger partial charge in [0.05, 0.1) is 24.7 Å². The molecule has 3 rings (SSSR count). The summed E-state index contributed by atoms with van der Waals surface area (Å²) in [6.07, 6.45) is 0.497. The molecule has 0 radical (unpaired) electrons. The fourth-order valence-corrected chi connectivity index (χ4v) is 3.61. The minimum Gasteiger partial charge on any atom is -0.538 e. The number of hydrogen-bond donors (Lipinski definition) is 1. The number of rotatable bonds is 8. The van der Waals surface area contributed by atoms with Gasteiger partial charge in [0, 0.05) is 36.0 Å². The first-order chi connectivity index (χ1) is 14.0. The summed E-state index contributed by atoms with van der Waals surface area (Å²) in [5.41, 5.74) is 1.21. The molecule has 1 heterocycles. The summed E-state index contributed by atoms with van der Waals surface area (Å²) in [7, 11) is 3.07. The third-order valence-electron chi connectivity index (χ3n) is 4.11. The average Bonchev–Trinajstić information content (AvgIpc) is 3.12. The van der Waals surface area contributed by atoms with Crippen molar-refractivity contribution in [3.05, 3.63) is 48.5 Å². The highest BCUT2D eigenvalue weighted by Crippen LogP contribution is 2.31. The van der Waals surface area contributed by atoms with E-state index >= 15 is 0 Å². The lowest BCUT2D eigenvalue weighted by Crippen LogP contribution is -2.36. The lowest BCUT2D eigenvalue weighted by atomic mass is 10.2. The van der Waals surface area contributed by atoms with Gasteiger partial charge in [0.2, 0.25) is 11.6 Å². The van der Waals surface area contributed by atoms with E-state index in [1.54, 1.807) is 30.3 Å². The van der Waals surface area contributed by atoms with Crippen LogP contribution in [0.2, 0.25) is 0 Å². The van der Waals surface area contributed by atoms with Gasteiger partial charge in [-0.3, -0.25) is 4.79 Å². The van der Waals surface area contributed by atoms with Gasteiger partial charge in [0.1, 0.15) is 11.5 Å². The highest BCUT2D eigenvalue weighted by atomic mass is 32.2. The van der Waals surface area contributed by atoms with Gasteiger partial charge < -0.3 is 24.4 Å². The molecule has 9 heteroatoms. The van der Waals surface area contributed by atoms with Gasteiger partial charge >= 0.3 is 0 Å². The van der Waals surface area contributed by atoms with Crippen LogP contribution in [0.3, 0.4) is 0 Å². The standard InChI is InChI=1S/C20H21N3O5S/c1-4-17(18(24)21-13-10-15(26-2)12-16(11-13)27-3)29-19-20(25)28-22-23(19)14-8-6-5-7-9-14/h5-12,17H,4H2,1-3H3,(H-,21,22,24,25). The van der Waals surface area contributed by atoms with Gasteiger partial charge in [-0.15, -0.1) is 0 Å². The summed E-state index contributed by atoms with van der Waals surface area (Å²) in [5.74, 6) is 0.271. The maximum absolute atomic E-state index is 12.9. The molecule has 29 heavy (non-hydrogen) atoms. The second kappa shape index (κ2) is 9.33. The minimum atomic E-state index is -0.590. The van der Waals surface area contributed by atoms with E-state index in [0.717, 1.165) is 11.8 Å². The monoisotopic (exact) mass is 415 g/mol. The summed E-state index contributed by atoms with van der Waals surface area (Å²) in [4.78, 5) is 12.9. The predicted octanol–water partition coefficient (Wildman–Crippen LogP) is 2.55. The van der Waals surface area contributed by atoms with Crippen molar-refractivity contribution in [1.82, 2.24) is 5.27 Å². The maximum Gasteiger partial charge on any atom is 0.298 e. The number of amides is 1. The maximum atomic E-state index is 12.9. The van der Waals surface area contributed by atoms with E-state index < -0.39 is 11.2 Å². The van der Waals surface area contributed by atoms with Gasteiger partial charge in [0.15, 0.2) is 5.95 Å². The van der Waals surface area contributed by atoms with Gasteiger partial charge in [-0.2, -0.15) is 0 Å². The lowest BCUT2D eigenvalue weighted by molar-refractivity contribution is -0.705. The Hall–Kier alpha value is -3.20. The van der Waals surface area contributed by atoms with Crippen LogP contribution in [0, 0.1) is 0 Å². The van der Waals surface area contributed by atoms with Crippen LogP contribution in [0.5, 0.6) is 17.4 Å². The third kappa shape index (κ3) is 4.80. The molecule has 1 aromatic heterocycles. The van der Waals surface area contributed by atoms with Crippen LogP contribution >= 0.6 is 11.8 Å². The zero-order chi connectivity index (χ0) is 20.8. The predicted molar refractivity (Wildman–Crippen MR) is 106 cm³/mol. The topological polar surface area (TPSA) is 101 Å². The van der Waals surface area contributed by atoms with Crippen LogP contribution in [0.15, 0.2) is 58.1 Å². The number of ether oxygens (including phenoxy) is 2. The number of carbonyl (C=O) groups is 1. The first-order valence-corrected chi connectivity index (χ1v) is 9.78. The van der Waals surface area contributed by atoms with E-state index in [2.05, 4.69) is 10.6 Å². The largest absolute Gasteiger partial charge is 0.538 e. The molecule has 2 aromatic carbocycles. The summed E-state index contributed by atoms with van der Waals surface area (Å²) in [6.45, 7) is 1.87. The van der Waals surface area contributed by atoms with Crippen LogP contribution < -0.4 is 24.6 Å². The van der Waals surface area contributed by atoms with Crippen molar-refractivity contribution < 1.29 is 28.6 Å². The Kier molecular flexibility index (Phi) is 6.61. The first-order valence-electron chi connectivity index (χ1n) is 8.90. The molecule has 0 spiro atoms. The zero-order valence-electron chi connectivity index (χ0n) is 16.2. The second-order valence-electron chi connectivity index (χ2n) is 6.02. The van der Waals surface area contributed by atoms with E-state index in [4.69, 9.17) is 14.0 Å². The Balaban J connectivity index is 1.81. The van der Waals surface area contributed by atoms with Crippen molar-refractivity contribution in [2.75, 3.05) is 19.5 Å². The third-order valence-corrected chi connectivity index (χ3v) is 5.50. The summed E-state index contributed by atoms with van der Waals surface area (Å²) in [5, 5.41) is 18.5. The summed E-state index contributed by atoms with van der Waals surface area (Å²) < 4.78 is 16.7. The van der Waals surface area contributed by atoms with Gasteiger partial charge in [-0.05, 0) is 22.9 Å². The quantitative estimate of drug-likeness (QED) is 0.446. The van der Waals surface area contributed by atoms with Crippen molar-refractivity contribution in [2.45, 2.75) is 23.6 Å². The number of methoxy groups -OCH3 is 2. The number of carbonyl (C=O) groups excluding carboxylic acids is 1. The Morgan fingerprint density at radius 1 is 1.21 bits per heavy atom. The van der Waals surface area contributed by atoms with Crippen LogP contribution in [-0.4, -0.2) is 30.6 Å². The van der Waals surface area contributed by atoms with Crippen molar-refractivity contribution in [3.63, 3.8) is 0 Å². The average molecular weight is 415 g/mol. The molecule has 8 nitrogen and oxygen atoms in total. The van der Waals surface area contributed by atoms with Crippen molar-refractivity contribution in [3.8, 4) is 23.1 Å². The van der Waals surface area contributed by atoms with Crippen molar-refractivity contribution >= 4 is 23.4 Å². The van der Waals surface area contributed by atoms with Crippen molar-refractivity contribution in [1.29, 1.82) is 0 Å². The SMILES string of the molecule is CCC(Sc1c([O-])on[n+]1-c1ccccc1)C(=O)Nc1cc(OC)cc(OC)c1. The van der Waals surface area contributed by atoms with E-state index in [0.29, 0.717) is 29.3 Å². The number of nitrogens with zero attached hydrogens (tertiary/aromatic N) is 2. The molecule has 1 amide bonds.